The molecule has 0 atom stereocenters. The fourth-order valence-corrected chi connectivity index (χ4v) is 3.78. The molecule has 0 unspecified atom stereocenters. The molecule has 2 N–H and O–H groups in total. The number of urea groups is 1. The summed E-state index contributed by atoms with van der Waals surface area (Å²) in [7, 11) is -3.34. The predicted octanol–water partition coefficient (Wildman–Crippen LogP) is 4.12. The Morgan fingerprint density at radius 3 is 2.47 bits per heavy atom. The number of hydrogen-bond donors (Lipinski definition) is 2. The smallest absolute Gasteiger partial charge is 0.320 e. The second-order valence-electron chi connectivity index (χ2n) is 7.20. The van der Waals surface area contributed by atoms with Crippen LogP contribution in [0.4, 0.5) is 23.7 Å². The van der Waals surface area contributed by atoms with E-state index in [0.717, 1.165) is 24.0 Å². The van der Waals surface area contributed by atoms with Gasteiger partial charge in [0, 0.05) is 31.5 Å². The minimum atomic E-state index is -4.44. The number of nitrogens with one attached hydrogen (secondary N) is 2. The molecule has 2 heterocycles. The Hall–Kier alpha value is -2.63. The molecule has 0 radical (unpaired) electrons. The van der Waals surface area contributed by atoms with Crippen LogP contribution in [-0.4, -0.2) is 43.7 Å². The zero-order chi connectivity index (χ0) is 23.5. The standard InChI is InChI=1S/C20H20ClF3N4O3S/c1-32(30,31)26-12-13-10-17(21)18(25-11-13)14-6-8-28(9-7-14)19(29)27-16-4-2-15(3-5-16)20(22,23)24/h2-6,10-11,26H,7-9,12H2,1H3,(H,27,29). The average molecular weight is 489 g/mol. The van der Waals surface area contributed by atoms with Gasteiger partial charge in [0.25, 0.3) is 0 Å². The summed E-state index contributed by atoms with van der Waals surface area (Å²) in [5.41, 5.74) is 1.48. The van der Waals surface area contributed by atoms with E-state index in [-0.39, 0.29) is 18.8 Å². The summed E-state index contributed by atoms with van der Waals surface area (Å²) in [6, 6.07) is 5.43. The molecule has 0 saturated heterocycles. The number of sulfonamides is 1. The van der Waals surface area contributed by atoms with E-state index in [1.807, 2.05) is 0 Å². The van der Waals surface area contributed by atoms with Crippen molar-refractivity contribution in [3.8, 4) is 0 Å². The van der Waals surface area contributed by atoms with Gasteiger partial charge in [-0.25, -0.2) is 17.9 Å². The van der Waals surface area contributed by atoms with Crippen molar-refractivity contribution < 1.29 is 26.4 Å². The van der Waals surface area contributed by atoms with Gasteiger partial charge < -0.3 is 10.2 Å². The summed E-state index contributed by atoms with van der Waals surface area (Å²) in [5, 5.41) is 2.95. The number of carbonyl (C=O) groups is 1. The summed E-state index contributed by atoms with van der Waals surface area (Å²) in [4.78, 5) is 18.3. The van der Waals surface area contributed by atoms with Crippen molar-refractivity contribution in [2.24, 2.45) is 0 Å². The Labute approximate surface area is 188 Å². The highest BCUT2D eigenvalue weighted by Gasteiger charge is 2.30. The van der Waals surface area contributed by atoms with Gasteiger partial charge >= 0.3 is 12.2 Å². The van der Waals surface area contributed by atoms with Crippen LogP contribution in [0, 0.1) is 0 Å². The molecule has 1 aromatic carbocycles. The summed E-state index contributed by atoms with van der Waals surface area (Å²) in [5.74, 6) is 0. The van der Waals surface area contributed by atoms with Crippen LogP contribution >= 0.6 is 11.6 Å². The first-order valence-electron chi connectivity index (χ1n) is 9.44. The second-order valence-corrected chi connectivity index (χ2v) is 9.44. The normalized spacial score (nSPS) is 14.8. The number of aromatic nitrogens is 1. The van der Waals surface area contributed by atoms with Gasteiger partial charge in [-0.3, -0.25) is 4.98 Å². The molecule has 7 nitrogen and oxygen atoms in total. The SMILES string of the molecule is CS(=O)(=O)NCc1cnc(C2=CCN(C(=O)Nc3ccc(C(F)(F)F)cc3)CC2)c(Cl)c1. The summed E-state index contributed by atoms with van der Waals surface area (Å²) >= 11 is 6.31. The topological polar surface area (TPSA) is 91.4 Å². The van der Waals surface area contributed by atoms with Gasteiger partial charge in [0.2, 0.25) is 10.0 Å². The van der Waals surface area contributed by atoms with Crippen molar-refractivity contribution in [3.63, 3.8) is 0 Å². The number of nitrogens with zero attached hydrogens (tertiary/aromatic N) is 2. The fraction of sp³-hybridized carbons (Fsp3) is 0.300. The van der Waals surface area contributed by atoms with Crippen LogP contribution in [0.25, 0.3) is 5.57 Å². The lowest BCUT2D eigenvalue weighted by Crippen LogP contribution is -2.38. The molecule has 0 spiro atoms. The molecular formula is C20H20ClF3N4O3S. The van der Waals surface area contributed by atoms with Crippen LogP contribution in [-0.2, 0) is 22.7 Å². The van der Waals surface area contributed by atoms with E-state index < -0.39 is 27.8 Å². The molecular weight excluding hydrogens is 469 g/mol. The second kappa shape index (κ2) is 9.47. The molecule has 172 valence electrons. The van der Waals surface area contributed by atoms with Gasteiger partial charge in [-0.15, -0.1) is 0 Å². The van der Waals surface area contributed by atoms with Crippen molar-refractivity contribution in [2.75, 3.05) is 24.7 Å². The van der Waals surface area contributed by atoms with E-state index in [0.29, 0.717) is 29.2 Å². The van der Waals surface area contributed by atoms with E-state index >= 15 is 0 Å². The molecule has 0 saturated carbocycles. The molecule has 0 aliphatic carbocycles. The van der Waals surface area contributed by atoms with Gasteiger partial charge in [0.15, 0.2) is 0 Å². The molecule has 1 aliphatic heterocycles. The molecule has 1 aromatic heterocycles. The maximum atomic E-state index is 12.6. The molecule has 3 rings (SSSR count). The molecule has 32 heavy (non-hydrogen) atoms. The number of hydrogen-bond acceptors (Lipinski definition) is 4. The zero-order valence-electron chi connectivity index (χ0n) is 16.9. The highest BCUT2D eigenvalue weighted by molar-refractivity contribution is 7.88. The van der Waals surface area contributed by atoms with Crippen molar-refractivity contribution in [3.05, 3.63) is 64.4 Å². The highest BCUT2D eigenvalue weighted by atomic mass is 35.5. The third-order valence-electron chi connectivity index (χ3n) is 4.70. The zero-order valence-corrected chi connectivity index (χ0v) is 18.5. The lowest BCUT2D eigenvalue weighted by atomic mass is 10.0. The van der Waals surface area contributed by atoms with Crippen molar-refractivity contribution in [2.45, 2.75) is 19.1 Å². The number of anilines is 1. The number of amides is 2. The Morgan fingerprint density at radius 2 is 1.94 bits per heavy atom. The van der Waals surface area contributed by atoms with E-state index in [1.54, 1.807) is 12.1 Å². The minimum absolute atomic E-state index is 0.0722. The molecule has 0 fully saturated rings. The summed E-state index contributed by atoms with van der Waals surface area (Å²) < 4.78 is 62.7. The molecule has 2 aromatic rings. The van der Waals surface area contributed by atoms with Gasteiger partial charge in [-0.1, -0.05) is 17.7 Å². The van der Waals surface area contributed by atoms with E-state index in [1.165, 1.54) is 23.2 Å². The third kappa shape index (κ3) is 6.44. The predicted molar refractivity (Wildman–Crippen MR) is 116 cm³/mol. The van der Waals surface area contributed by atoms with Crippen LogP contribution in [0.5, 0.6) is 0 Å². The monoisotopic (exact) mass is 488 g/mol. The number of alkyl halides is 3. The van der Waals surface area contributed by atoms with Crippen molar-refractivity contribution in [1.82, 2.24) is 14.6 Å². The first kappa shape index (κ1) is 24.0. The maximum absolute atomic E-state index is 12.6. The Balaban J connectivity index is 1.61. The lowest BCUT2D eigenvalue weighted by Gasteiger charge is -2.27. The molecule has 1 aliphatic rings. The van der Waals surface area contributed by atoms with Crippen LogP contribution in [0.2, 0.25) is 5.02 Å². The van der Waals surface area contributed by atoms with Crippen LogP contribution in [0.15, 0.2) is 42.6 Å². The largest absolute Gasteiger partial charge is 0.416 e. The van der Waals surface area contributed by atoms with Gasteiger partial charge in [0.1, 0.15) is 0 Å². The number of rotatable bonds is 5. The Kier molecular flexibility index (Phi) is 7.11. The lowest BCUT2D eigenvalue weighted by molar-refractivity contribution is -0.137. The summed E-state index contributed by atoms with van der Waals surface area (Å²) in [6.45, 7) is 0.716. The summed E-state index contributed by atoms with van der Waals surface area (Å²) in [6.07, 6.45) is 0.438. The van der Waals surface area contributed by atoms with Crippen LogP contribution in [0.1, 0.15) is 23.2 Å². The van der Waals surface area contributed by atoms with E-state index in [4.69, 9.17) is 11.6 Å². The number of carbonyl (C=O) groups excluding carboxylic acids is 1. The number of pyridine rings is 1. The molecule has 2 amide bonds. The number of halogens is 4. The first-order chi connectivity index (χ1) is 14.9. The highest BCUT2D eigenvalue weighted by Crippen LogP contribution is 2.30. The molecule has 0 bridgehead atoms. The first-order valence-corrected chi connectivity index (χ1v) is 11.7. The maximum Gasteiger partial charge on any atom is 0.416 e. The Morgan fingerprint density at radius 1 is 1.25 bits per heavy atom. The van der Waals surface area contributed by atoms with Crippen molar-refractivity contribution >= 4 is 38.9 Å². The third-order valence-corrected chi connectivity index (χ3v) is 5.66. The van der Waals surface area contributed by atoms with Crippen LogP contribution in [0.3, 0.4) is 0 Å². The van der Waals surface area contributed by atoms with E-state index in [9.17, 15) is 26.4 Å². The average Bonchev–Trinajstić information content (AvgIpc) is 2.72. The van der Waals surface area contributed by atoms with E-state index in [2.05, 4.69) is 15.0 Å². The van der Waals surface area contributed by atoms with Gasteiger partial charge in [0.05, 0.1) is 22.5 Å². The minimum Gasteiger partial charge on any atom is -0.320 e. The quantitative estimate of drug-likeness (QED) is 0.662. The fourth-order valence-electron chi connectivity index (χ4n) is 3.04. The Bertz CT molecular complexity index is 1140. The number of benzene rings is 1. The van der Waals surface area contributed by atoms with Crippen LogP contribution < -0.4 is 10.0 Å². The van der Waals surface area contributed by atoms with Gasteiger partial charge in [-0.2, -0.15) is 13.2 Å². The van der Waals surface area contributed by atoms with Gasteiger partial charge in [-0.05, 0) is 47.9 Å². The molecule has 12 heteroatoms. The van der Waals surface area contributed by atoms with Crippen molar-refractivity contribution in [1.29, 1.82) is 0 Å².